The first kappa shape index (κ1) is 43.7. The molecule has 11 aromatic rings. The Morgan fingerprint density at radius 1 is 0.424 bits per heavy atom. The zero-order valence-corrected chi connectivity index (χ0v) is 39.3. The van der Waals surface area contributed by atoms with E-state index >= 15 is 0 Å². The van der Waals surface area contributed by atoms with Gasteiger partial charge in [0.15, 0.2) is 12.4 Å². The minimum atomic E-state index is 0. The molecule has 0 unspecified atom stereocenters. The van der Waals surface area contributed by atoms with Crippen molar-refractivity contribution in [3.05, 3.63) is 231 Å². The number of rotatable bonds is 11. The minimum Gasteiger partial charge on any atom is -0.503 e. The fraction of sp³-hybridized carbons (Fsp3) is 0. The monoisotopic (exact) mass is 1210 g/mol. The number of hydrogen-bond acceptors (Lipinski definition) is 7. The van der Waals surface area contributed by atoms with Gasteiger partial charge in [0.1, 0.15) is 12.4 Å². The van der Waals surface area contributed by atoms with E-state index in [1.54, 1.807) is 12.4 Å². The molecular weight excluding hydrogens is 1180 g/mol. The molecule has 0 N–H and O–H groups in total. The van der Waals surface area contributed by atoms with Crippen molar-refractivity contribution in [1.82, 2.24) is 24.5 Å². The summed E-state index contributed by atoms with van der Waals surface area (Å²) in [5.74, 6) is 2.49. The van der Waals surface area contributed by atoms with Crippen LogP contribution in [0.3, 0.4) is 0 Å². The molecule has 5 heterocycles. The van der Waals surface area contributed by atoms with Crippen LogP contribution in [0.2, 0.25) is 0 Å². The molecule has 0 radical (unpaired) electrons. The van der Waals surface area contributed by atoms with Gasteiger partial charge in [-0.25, -0.2) is 9.97 Å². The van der Waals surface area contributed by atoms with Crippen molar-refractivity contribution >= 4 is 38.9 Å². The predicted molar refractivity (Wildman–Crippen MR) is 247 cm³/mol. The van der Waals surface area contributed by atoms with Crippen LogP contribution in [0.15, 0.2) is 207 Å². The second kappa shape index (κ2) is 19.7. The molecule has 9 nitrogen and oxygen atoms in total. The van der Waals surface area contributed by atoms with Gasteiger partial charge in [-0.05, 0) is 47.8 Å². The molecule has 5 aromatic heterocycles. The molecule has 0 bridgehead atoms. The summed E-state index contributed by atoms with van der Waals surface area (Å²) in [6.45, 7) is 0. The van der Waals surface area contributed by atoms with Gasteiger partial charge >= 0.3 is 42.1 Å². The van der Waals surface area contributed by atoms with E-state index in [1.165, 1.54) is 0 Å². The number of hydrogen-bond donors (Lipinski definition) is 0. The smallest absolute Gasteiger partial charge is 0.503 e. The predicted octanol–water partition coefficient (Wildman–Crippen LogP) is 12.2. The Hall–Kier alpha value is -7.57. The van der Waals surface area contributed by atoms with Crippen LogP contribution < -0.4 is 18.9 Å². The summed E-state index contributed by atoms with van der Waals surface area (Å²) in [5.41, 5.74) is 8.59. The first-order chi connectivity index (χ1) is 31.7. The third-order valence-corrected chi connectivity index (χ3v) is 10.6. The van der Waals surface area contributed by atoms with E-state index in [-0.39, 0.29) is 42.1 Å². The molecule has 0 saturated carbocycles. The van der Waals surface area contributed by atoms with Gasteiger partial charge in [0.2, 0.25) is 11.6 Å². The minimum absolute atomic E-state index is 0. The Kier molecular flexibility index (Phi) is 13.0. The summed E-state index contributed by atoms with van der Waals surface area (Å²) in [6, 6.07) is 69.4. The molecule has 11 heteroatoms. The van der Waals surface area contributed by atoms with Crippen LogP contribution in [0.25, 0.3) is 56.0 Å². The second-order valence-electron chi connectivity index (χ2n) is 14.7. The van der Waals surface area contributed by atoms with E-state index in [9.17, 15) is 0 Å². The number of pyridine rings is 3. The Labute approximate surface area is 410 Å². The van der Waals surface area contributed by atoms with Crippen LogP contribution in [0.1, 0.15) is 0 Å². The van der Waals surface area contributed by atoms with Crippen molar-refractivity contribution in [1.29, 1.82) is 0 Å². The summed E-state index contributed by atoms with van der Waals surface area (Å²) in [6.07, 6.45) is 11.2. The van der Waals surface area contributed by atoms with Crippen molar-refractivity contribution in [3.63, 3.8) is 0 Å². The number of anilines is 3. The number of fused-ring (bicyclic) bond motifs is 3. The fourth-order valence-electron chi connectivity index (χ4n) is 7.64. The molecule has 0 spiro atoms. The maximum absolute atomic E-state index is 6.40. The van der Waals surface area contributed by atoms with Crippen LogP contribution >= 0.6 is 0 Å². The molecule has 0 aliphatic rings. The van der Waals surface area contributed by atoms with Gasteiger partial charge in [0, 0.05) is 58.9 Å². The molecule has 0 atom stereocenters. The zero-order valence-electron chi connectivity index (χ0n) is 34.7. The van der Waals surface area contributed by atoms with E-state index in [1.807, 2.05) is 167 Å². The standard InChI is InChI=1S/C55H34N7O2.2Pt/c1-3-15-41(16-4-1)61(42-17-5-2-6-18-42)43-27-31-60(32-28-43)44-37-58-55(59-38-44)62-53-35-47(63-45-19-11-13-39(33-45)51-21-7-9-29-56-51)23-25-49(53)50-26-24-48(36-54(50)62)64-46-20-12-14-40(34-46)52-22-8-10-30-57-52;;/h1-32,37-38H;;/q-3;2*+2. The summed E-state index contributed by atoms with van der Waals surface area (Å²) in [5, 5.41) is 1.83. The molecular formula is C55H34N7O2Pt2+. The summed E-state index contributed by atoms with van der Waals surface area (Å²) in [4.78, 5) is 21.1. The van der Waals surface area contributed by atoms with Gasteiger partial charge in [0.05, 0.1) is 5.69 Å². The first-order valence-corrected chi connectivity index (χ1v) is 20.6. The summed E-state index contributed by atoms with van der Waals surface area (Å²) < 4.78 is 16.7. The van der Waals surface area contributed by atoms with Crippen molar-refractivity contribution < 1.29 is 56.2 Å². The average molecular weight is 1220 g/mol. The summed E-state index contributed by atoms with van der Waals surface area (Å²) >= 11 is 0. The molecule has 66 heavy (non-hydrogen) atoms. The Bertz CT molecular complexity index is 3200. The normalized spacial score (nSPS) is 10.8. The largest absolute Gasteiger partial charge is 2.00 e. The zero-order chi connectivity index (χ0) is 42.7. The van der Waals surface area contributed by atoms with Crippen molar-refractivity contribution in [2.24, 2.45) is 0 Å². The second-order valence-corrected chi connectivity index (χ2v) is 14.7. The summed E-state index contributed by atoms with van der Waals surface area (Å²) in [7, 11) is 0. The molecule has 0 fully saturated rings. The molecule has 11 rings (SSSR count). The van der Waals surface area contributed by atoms with Gasteiger partial charge in [-0.3, -0.25) is 0 Å². The maximum atomic E-state index is 6.40. The Morgan fingerprint density at radius 2 is 0.879 bits per heavy atom. The quantitative estimate of drug-likeness (QED) is 0.0942. The fourth-order valence-corrected chi connectivity index (χ4v) is 7.64. The van der Waals surface area contributed by atoms with E-state index in [2.05, 4.69) is 75.5 Å². The molecule has 0 saturated heterocycles. The molecule has 320 valence electrons. The SMILES string of the molecule is [Pt+2].[Pt+2].[c-]1c(Oc2[c-]c3c(cc2)c2ccc(Oc4[c-]c(-c5ccccn5)ccc4)[c-]c2n3-c2ncc(-[n+]3ccc(N(c4ccccc4)c4ccccc4)cc3)cn2)cccc1-c1ccccn1. The molecule has 0 amide bonds. The van der Waals surface area contributed by atoms with Gasteiger partial charge < -0.3 is 28.9 Å². The number of ether oxygens (including phenoxy) is 2. The van der Waals surface area contributed by atoms with Crippen molar-refractivity contribution in [2.75, 3.05) is 4.90 Å². The van der Waals surface area contributed by atoms with Crippen LogP contribution in [0, 0.1) is 24.3 Å². The average Bonchev–Trinajstić information content (AvgIpc) is 3.68. The molecule has 6 aromatic carbocycles. The number of para-hydroxylation sites is 2. The van der Waals surface area contributed by atoms with Gasteiger partial charge in [-0.2, -0.15) is 27.5 Å². The van der Waals surface area contributed by atoms with Crippen LogP contribution in [-0.2, 0) is 42.1 Å². The van der Waals surface area contributed by atoms with Crippen LogP contribution in [0.4, 0.5) is 17.1 Å². The topological polar surface area (TPSA) is 82.1 Å². The third-order valence-electron chi connectivity index (χ3n) is 10.6. The Balaban J connectivity index is 0.00000274. The van der Waals surface area contributed by atoms with Crippen LogP contribution in [-0.4, -0.2) is 24.5 Å². The maximum Gasteiger partial charge on any atom is 2.00 e. The molecule has 0 aliphatic heterocycles. The first-order valence-electron chi connectivity index (χ1n) is 20.6. The van der Waals surface area contributed by atoms with Crippen molar-refractivity contribution in [2.45, 2.75) is 0 Å². The number of nitrogens with zero attached hydrogens (tertiary/aromatic N) is 7. The van der Waals surface area contributed by atoms with E-state index in [0.717, 1.165) is 56.0 Å². The van der Waals surface area contributed by atoms with Gasteiger partial charge in [-0.15, -0.1) is 71.8 Å². The number of aromatic nitrogens is 6. The van der Waals surface area contributed by atoms with Gasteiger partial charge in [0.25, 0.3) is 0 Å². The van der Waals surface area contributed by atoms with Gasteiger partial charge in [-0.1, -0.05) is 83.8 Å². The van der Waals surface area contributed by atoms with E-state index in [0.29, 0.717) is 40.0 Å². The van der Waals surface area contributed by atoms with Crippen molar-refractivity contribution in [3.8, 4) is 57.1 Å². The van der Waals surface area contributed by atoms with E-state index in [4.69, 9.17) is 19.4 Å². The van der Waals surface area contributed by atoms with E-state index < -0.39 is 0 Å². The third kappa shape index (κ3) is 9.05. The van der Waals surface area contributed by atoms with Crippen LogP contribution in [0.5, 0.6) is 23.0 Å². The number of benzene rings is 6. The molecule has 0 aliphatic carbocycles. The Morgan fingerprint density at radius 3 is 1.35 bits per heavy atom.